The number of aromatic amines is 1. The van der Waals surface area contributed by atoms with E-state index in [9.17, 15) is 0 Å². The van der Waals surface area contributed by atoms with Gasteiger partial charge in [0.1, 0.15) is 11.1 Å². The van der Waals surface area contributed by atoms with E-state index >= 15 is 0 Å². The number of benzene rings is 1. The Labute approximate surface area is 127 Å². The van der Waals surface area contributed by atoms with Crippen LogP contribution in [0.4, 0.5) is 0 Å². The number of rotatable bonds is 2. The molecule has 0 unspecified atom stereocenters. The molecule has 6 heteroatoms. The molecule has 0 spiro atoms. The number of fused-ring (bicyclic) bond motifs is 1. The van der Waals surface area contributed by atoms with Crippen LogP contribution in [0.2, 0.25) is 5.28 Å². The SMILES string of the molecule is CC(C)(C)c1ccccc1Oc1nc(Cl)nc2[nH]ncc12. The summed E-state index contributed by atoms with van der Waals surface area (Å²) in [5.41, 5.74) is 1.61. The lowest BCUT2D eigenvalue weighted by atomic mass is 9.86. The third-order valence-electron chi connectivity index (χ3n) is 3.15. The van der Waals surface area contributed by atoms with Crippen LogP contribution in [0, 0.1) is 0 Å². The van der Waals surface area contributed by atoms with Crippen LogP contribution in [0.15, 0.2) is 30.5 Å². The summed E-state index contributed by atoms with van der Waals surface area (Å²) in [4.78, 5) is 8.23. The lowest BCUT2D eigenvalue weighted by Crippen LogP contribution is -2.12. The molecule has 0 saturated heterocycles. The standard InChI is InChI=1S/C15H15ClN4O/c1-15(2,3)10-6-4-5-7-11(10)21-13-9-8-17-20-12(9)18-14(16)19-13/h4-8H,1-3H3,(H,17,18,19,20). The van der Waals surface area contributed by atoms with Crippen LogP contribution in [0.5, 0.6) is 11.6 Å². The third kappa shape index (κ3) is 2.69. The first kappa shape index (κ1) is 13.8. The molecule has 0 amide bonds. The quantitative estimate of drug-likeness (QED) is 0.724. The zero-order valence-electron chi connectivity index (χ0n) is 12.0. The number of hydrogen-bond donors (Lipinski definition) is 1. The molecule has 2 aromatic heterocycles. The lowest BCUT2D eigenvalue weighted by molar-refractivity contribution is 0.444. The summed E-state index contributed by atoms with van der Waals surface area (Å²) in [6, 6.07) is 7.89. The highest BCUT2D eigenvalue weighted by molar-refractivity contribution is 6.28. The smallest absolute Gasteiger partial charge is 0.234 e. The maximum atomic E-state index is 5.99. The molecular weight excluding hydrogens is 288 g/mol. The number of hydrogen-bond acceptors (Lipinski definition) is 4. The minimum atomic E-state index is -0.0388. The van der Waals surface area contributed by atoms with Crippen LogP contribution in [-0.4, -0.2) is 20.2 Å². The van der Waals surface area contributed by atoms with Crippen LogP contribution in [0.25, 0.3) is 11.0 Å². The first-order valence-electron chi connectivity index (χ1n) is 6.59. The number of nitrogens with one attached hydrogen (secondary N) is 1. The second-order valence-electron chi connectivity index (χ2n) is 5.78. The van der Waals surface area contributed by atoms with E-state index in [0.29, 0.717) is 16.9 Å². The number of nitrogens with zero attached hydrogens (tertiary/aromatic N) is 3. The van der Waals surface area contributed by atoms with Gasteiger partial charge in [-0.3, -0.25) is 5.10 Å². The molecule has 2 heterocycles. The Morgan fingerprint density at radius 3 is 2.67 bits per heavy atom. The van der Waals surface area contributed by atoms with Crippen LogP contribution in [0.1, 0.15) is 26.3 Å². The van der Waals surface area contributed by atoms with Gasteiger partial charge in [-0.15, -0.1) is 0 Å². The molecule has 21 heavy (non-hydrogen) atoms. The molecule has 3 aromatic rings. The molecular formula is C15H15ClN4O. The largest absolute Gasteiger partial charge is 0.438 e. The Morgan fingerprint density at radius 2 is 1.90 bits per heavy atom. The minimum Gasteiger partial charge on any atom is -0.438 e. The minimum absolute atomic E-state index is 0.0388. The highest BCUT2D eigenvalue weighted by Crippen LogP contribution is 2.35. The predicted molar refractivity (Wildman–Crippen MR) is 81.9 cm³/mol. The van der Waals surface area contributed by atoms with Gasteiger partial charge in [0.15, 0.2) is 5.65 Å². The molecule has 0 saturated carbocycles. The topological polar surface area (TPSA) is 63.7 Å². The lowest BCUT2D eigenvalue weighted by Gasteiger charge is -2.22. The van der Waals surface area contributed by atoms with E-state index in [1.54, 1.807) is 6.20 Å². The molecule has 5 nitrogen and oxygen atoms in total. The van der Waals surface area contributed by atoms with E-state index in [-0.39, 0.29) is 10.7 Å². The van der Waals surface area contributed by atoms with Crippen molar-refractivity contribution in [3.8, 4) is 11.6 Å². The Bertz CT molecular complexity index is 792. The second kappa shape index (κ2) is 5.00. The van der Waals surface area contributed by atoms with Crippen molar-refractivity contribution in [1.29, 1.82) is 0 Å². The van der Waals surface area contributed by atoms with Gasteiger partial charge in [0.25, 0.3) is 0 Å². The molecule has 0 aliphatic carbocycles. The van der Waals surface area contributed by atoms with Crippen molar-refractivity contribution in [1.82, 2.24) is 20.2 Å². The van der Waals surface area contributed by atoms with Gasteiger partial charge in [-0.2, -0.15) is 15.1 Å². The Hall–Kier alpha value is -2.14. The van der Waals surface area contributed by atoms with Crippen LogP contribution in [0.3, 0.4) is 0 Å². The fourth-order valence-electron chi connectivity index (χ4n) is 2.14. The van der Waals surface area contributed by atoms with Gasteiger partial charge < -0.3 is 4.74 Å². The number of ether oxygens (including phenoxy) is 1. The number of aromatic nitrogens is 4. The summed E-state index contributed by atoms with van der Waals surface area (Å²) in [5.74, 6) is 1.15. The Balaban J connectivity index is 2.09. The van der Waals surface area contributed by atoms with Crippen molar-refractivity contribution in [3.05, 3.63) is 41.3 Å². The molecule has 108 valence electrons. The molecule has 0 fully saturated rings. The summed E-state index contributed by atoms with van der Waals surface area (Å²) in [7, 11) is 0. The van der Waals surface area contributed by atoms with Gasteiger partial charge >= 0.3 is 0 Å². The summed E-state index contributed by atoms with van der Waals surface area (Å²) in [6.07, 6.45) is 1.63. The number of H-pyrrole nitrogens is 1. The Kier molecular flexibility index (Phi) is 3.29. The normalized spacial score (nSPS) is 11.8. The molecule has 1 N–H and O–H groups in total. The van der Waals surface area contributed by atoms with Gasteiger partial charge in [-0.25, -0.2) is 0 Å². The maximum Gasteiger partial charge on any atom is 0.234 e. The van der Waals surface area contributed by atoms with Crippen LogP contribution in [-0.2, 0) is 5.41 Å². The highest BCUT2D eigenvalue weighted by atomic mass is 35.5. The van der Waals surface area contributed by atoms with Gasteiger partial charge in [0, 0.05) is 5.56 Å². The highest BCUT2D eigenvalue weighted by Gasteiger charge is 2.20. The van der Waals surface area contributed by atoms with E-state index in [1.807, 2.05) is 24.3 Å². The Morgan fingerprint density at radius 1 is 1.14 bits per heavy atom. The predicted octanol–water partition coefficient (Wildman–Crippen LogP) is 4.10. The van der Waals surface area contributed by atoms with E-state index in [4.69, 9.17) is 16.3 Å². The summed E-state index contributed by atoms with van der Waals surface area (Å²) in [6.45, 7) is 6.40. The van der Waals surface area contributed by atoms with Crippen LogP contribution < -0.4 is 4.74 Å². The molecule has 0 radical (unpaired) electrons. The molecule has 0 aliphatic rings. The molecule has 0 aliphatic heterocycles. The van der Waals surface area contributed by atoms with Crippen molar-refractivity contribution in [3.63, 3.8) is 0 Å². The second-order valence-corrected chi connectivity index (χ2v) is 6.12. The van der Waals surface area contributed by atoms with Crippen LogP contribution >= 0.6 is 11.6 Å². The summed E-state index contributed by atoms with van der Waals surface area (Å²) in [5, 5.41) is 7.53. The van der Waals surface area contributed by atoms with E-state index in [0.717, 1.165) is 11.3 Å². The van der Waals surface area contributed by atoms with Gasteiger partial charge in [-0.05, 0) is 23.1 Å². The fourth-order valence-corrected chi connectivity index (χ4v) is 2.30. The van der Waals surface area contributed by atoms with Gasteiger partial charge in [0.2, 0.25) is 11.2 Å². The fraction of sp³-hybridized carbons (Fsp3) is 0.267. The van der Waals surface area contributed by atoms with Gasteiger partial charge in [0.05, 0.1) is 6.20 Å². The van der Waals surface area contributed by atoms with Crippen molar-refractivity contribution >= 4 is 22.6 Å². The zero-order valence-corrected chi connectivity index (χ0v) is 12.8. The first-order valence-corrected chi connectivity index (χ1v) is 6.97. The van der Waals surface area contributed by atoms with Crippen molar-refractivity contribution in [2.24, 2.45) is 0 Å². The molecule has 1 aromatic carbocycles. The first-order chi connectivity index (χ1) is 9.95. The van der Waals surface area contributed by atoms with Crippen molar-refractivity contribution in [2.75, 3.05) is 0 Å². The third-order valence-corrected chi connectivity index (χ3v) is 3.32. The molecule has 0 atom stereocenters. The summed E-state index contributed by atoms with van der Waals surface area (Å²) >= 11 is 5.93. The zero-order chi connectivity index (χ0) is 15.0. The van der Waals surface area contributed by atoms with Gasteiger partial charge in [-0.1, -0.05) is 39.0 Å². The average molecular weight is 303 g/mol. The van der Waals surface area contributed by atoms with E-state index in [2.05, 4.69) is 40.9 Å². The number of halogens is 1. The summed E-state index contributed by atoms with van der Waals surface area (Å²) < 4.78 is 5.99. The van der Waals surface area contributed by atoms with Crippen molar-refractivity contribution < 1.29 is 4.74 Å². The number of para-hydroxylation sites is 1. The average Bonchev–Trinajstić information content (AvgIpc) is 2.86. The molecule has 0 bridgehead atoms. The van der Waals surface area contributed by atoms with E-state index < -0.39 is 0 Å². The monoisotopic (exact) mass is 302 g/mol. The van der Waals surface area contributed by atoms with Crippen molar-refractivity contribution in [2.45, 2.75) is 26.2 Å². The molecule has 3 rings (SSSR count). The van der Waals surface area contributed by atoms with E-state index in [1.165, 1.54) is 0 Å². The maximum absolute atomic E-state index is 5.99.